The number of amides is 1. The maximum Gasteiger partial charge on any atom is 0.254 e. The van der Waals surface area contributed by atoms with Gasteiger partial charge in [0.25, 0.3) is 5.91 Å². The van der Waals surface area contributed by atoms with Crippen molar-refractivity contribution in [2.75, 3.05) is 50.1 Å². The minimum absolute atomic E-state index is 0.0361. The van der Waals surface area contributed by atoms with Gasteiger partial charge in [0.15, 0.2) is 0 Å². The number of nitrogens with zero attached hydrogens (tertiary/aromatic N) is 7. The van der Waals surface area contributed by atoms with Crippen LogP contribution in [0.4, 0.5) is 11.5 Å². The van der Waals surface area contributed by atoms with Gasteiger partial charge in [-0.05, 0) is 36.4 Å². The molecule has 1 aliphatic heterocycles. The molecule has 0 bridgehead atoms. The molecule has 5 rings (SSSR count). The molecule has 0 atom stereocenters. The second-order valence-corrected chi connectivity index (χ2v) is 7.83. The van der Waals surface area contributed by atoms with Crippen molar-refractivity contribution >= 4 is 39.3 Å². The summed E-state index contributed by atoms with van der Waals surface area (Å²) in [4.78, 5) is 36.6. The van der Waals surface area contributed by atoms with Crippen molar-refractivity contribution in [3.8, 4) is 0 Å². The molecule has 1 aliphatic rings. The molecule has 31 heavy (non-hydrogen) atoms. The Morgan fingerprint density at radius 1 is 0.839 bits per heavy atom. The Morgan fingerprint density at radius 3 is 2.35 bits per heavy atom. The molecular formula is C23H23N7O. The van der Waals surface area contributed by atoms with E-state index in [-0.39, 0.29) is 5.91 Å². The highest BCUT2D eigenvalue weighted by molar-refractivity contribution is 5.97. The van der Waals surface area contributed by atoms with Gasteiger partial charge in [-0.15, -0.1) is 0 Å². The molecule has 156 valence electrons. The van der Waals surface area contributed by atoms with Crippen molar-refractivity contribution in [3.05, 3.63) is 60.7 Å². The van der Waals surface area contributed by atoms with E-state index in [1.165, 1.54) is 0 Å². The number of carbonyl (C=O) groups excluding carboxylic acids is 1. The van der Waals surface area contributed by atoms with Crippen molar-refractivity contribution < 1.29 is 4.79 Å². The zero-order valence-electron chi connectivity index (χ0n) is 17.6. The first-order valence-corrected chi connectivity index (χ1v) is 10.3. The minimum Gasteiger partial charge on any atom is -0.368 e. The van der Waals surface area contributed by atoms with Crippen LogP contribution in [0.25, 0.3) is 21.9 Å². The Labute approximate surface area is 180 Å². The van der Waals surface area contributed by atoms with Crippen molar-refractivity contribution in [2.24, 2.45) is 0 Å². The molecule has 0 spiro atoms. The summed E-state index contributed by atoms with van der Waals surface area (Å²) in [5.41, 5.74) is 4.23. The van der Waals surface area contributed by atoms with Crippen LogP contribution in [0.2, 0.25) is 0 Å². The Morgan fingerprint density at radius 2 is 1.58 bits per heavy atom. The lowest BCUT2D eigenvalue weighted by molar-refractivity contribution is 0.0747. The molecule has 3 heterocycles. The number of carbonyl (C=O) groups is 1. The molecule has 0 saturated carbocycles. The van der Waals surface area contributed by atoms with E-state index in [4.69, 9.17) is 0 Å². The van der Waals surface area contributed by atoms with E-state index < -0.39 is 0 Å². The van der Waals surface area contributed by atoms with E-state index in [1.54, 1.807) is 18.7 Å². The van der Waals surface area contributed by atoms with Crippen LogP contribution in [-0.2, 0) is 0 Å². The monoisotopic (exact) mass is 413 g/mol. The second kappa shape index (κ2) is 7.79. The molecule has 1 amide bonds. The van der Waals surface area contributed by atoms with Crippen molar-refractivity contribution in [1.29, 1.82) is 0 Å². The topological polar surface area (TPSA) is 78.4 Å². The molecule has 8 nitrogen and oxygen atoms in total. The fourth-order valence-corrected chi connectivity index (χ4v) is 4.03. The summed E-state index contributed by atoms with van der Waals surface area (Å²) < 4.78 is 0. The van der Waals surface area contributed by atoms with Gasteiger partial charge in [-0.3, -0.25) is 14.8 Å². The van der Waals surface area contributed by atoms with Gasteiger partial charge in [-0.25, -0.2) is 9.97 Å². The van der Waals surface area contributed by atoms with Gasteiger partial charge >= 0.3 is 0 Å². The third kappa shape index (κ3) is 3.61. The molecule has 0 radical (unpaired) electrons. The zero-order valence-corrected chi connectivity index (χ0v) is 17.6. The van der Waals surface area contributed by atoms with E-state index in [9.17, 15) is 4.79 Å². The Bertz CT molecular complexity index is 1270. The summed E-state index contributed by atoms with van der Waals surface area (Å²) in [6.07, 6.45) is 4.90. The highest BCUT2D eigenvalue weighted by atomic mass is 16.2. The molecule has 4 aromatic rings. The molecule has 1 fully saturated rings. The Balaban J connectivity index is 1.33. The van der Waals surface area contributed by atoms with Crippen molar-refractivity contribution in [1.82, 2.24) is 24.8 Å². The van der Waals surface area contributed by atoms with Crippen LogP contribution in [0, 0.1) is 0 Å². The van der Waals surface area contributed by atoms with Crippen LogP contribution >= 0.6 is 0 Å². The maximum absolute atomic E-state index is 13.0. The normalized spacial score (nSPS) is 14.3. The molecular weight excluding hydrogens is 390 g/mol. The number of rotatable bonds is 3. The van der Waals surface area contributed by atoms with Gasteiger partial charge in [-0.2, -0.15) is 0 Å². The standard InChI is InChI=1S/C23H23N7O/c1-28(2)22-18-14-17(4-6-19(18)26-15-27-22)29-9-11-30(12-10-29)23(31)16-3-5-20-21(13-16)25-8-7-24-20/h3-8,13-15H,9-12H2,1-2H3. The predicted molar refractivity (Wildman–Crippen MR) is 122 cm³/mol. The fourth-order valence-electron chi connectivity index (χ4n) is 4.03. The summed E-state index contributed by atoms with van der Waals surface area (Å²) in [7, 11) is 3.97. The average Bonchev–Trinajstić information content (AvgIpc) is 2.82. The lowest BCUT2D eigenvalue weighted by Gasteiger charge is -2.36. The van der Waals surface area contributed by atoms with Crippen LogP contribution in [0.1, 0.15) is 10.4 Å². The number of hydrogen-bond acceptors (Lipinski definition) is 7. The van der Waals surface area contributed by atoms with Crippen LogP contribution < -0.4 is 9.80 Å². The first-order valence-electron chi connectivity index (χ1n) is 10.3. The second-order valence-electron chi connectivity index (χ2n) is 7.83. The molecule has 0 unspecified atom stereocenters. The van der Waals surface area contributed by atoms with Gasteiger partial charge in [0, 0.05) is 69.3 Å². The number of piperazine rings is 1. The van der Waals surface area contributed by atoms with Crippen molar-refractivity contribution in [2.45, 2.75) is 0 Å². The highest BCUT2D eigenvalue weighted by Crippen LogP contribution is 2.27. The molecule has 2 aromatic heterocycles. The number of aromatic nitrogens is 4. The molecule has 0 aliphatic carbocycles. The van der Waals surface area contributed by atoms with Crippen molar-refractivity contribution in [3.63, 3.8) is 0 Å². The lowest BCUT2D eigenvalue weighted by Crippen LogP contribution is -2.48. The third-order valence-corrected chi connectivity index (χ3v) is 5.67. The predicted octanol–water partition coefficient (Wildman–Crippen LogP) is 2.60. The van der Waals surface area contributed by atoms with Gasteiger partial charge in [0.1, 0.15) is 12.1 Å². The average molecular weight is 413 g/mol. The molecule has 1 saturated heterocycles. The van der Waals surface area contributed by atoms with E-state index >= 15 is 0 Å². The van der Waals surface area contributed by atoms with E-state index in [1.807, 2.05) is 48.2 Å². The van der Waals surface area contributed by atoms with E-state index in [2.05, 4.69) is 37.0 Å². The lowest BCUT2D eigenvalue weighted by atomic mass is 10.1. The summed E-state index contributed by atoms with van der Waals surface area (Å²) in [5, 5.41) is 1.03. The number of hydrogen-bond donors (Lipinski definition) is 0. The summed E-state index contributed by atoms with van der Waals surface area (Å²) in [5.74, 6) is 0.939. The SMILES string of the molecule is CN(C)c1ncnc2ccc(N3CCN(C(=O)c4ccc5nccnc5c4)CC3)cc12. The van der Waals surface area contributed by atoms with Gasteiger partial charge in [-0.1, -0.05) is 0 Å². The number of benzene rings is 2. The maximum atomic E-state index is 13.0. The molecule has 8 heteroatoms. The summed E-state index contributed by atoms with van der Waals surface area (Å²) in [6.45, 7) is 2.88. The van der Waals surface area contributed by atoms with Gasteiger partial charge in [0.05, 0.1) is 16.6 Å². The zero-order chi connectivity index (χ0) is 21.4. The first-order chi connectivity index (χ1) is 15.1. The Kier molecular flexibility index (Phi) is 4.82. The van der Waals surface area contributed by atoms with Crippen LogP contribution in [-0.4, -0.2) is 71.0 Å². The van der Waals surface area contributed by atoms with Crippen LogP contribution in [0.5, 0.6) is 0 Å². The van der Waals surface area contributed by atoms with Crippen LogP contribution in [0.3, 0.4) is 0 Å². The quantitative estimate of drug-likeness (QED) is 0.511. The first kappa shape index (κ1) is 19.2. The Hall–Kier alpha value is -3.81. The van der Waals surface area contributed by atoms with Crippen LogP contribution in [0.15, 0.2) is 55.1 Å². The largest absolute Gasteiger partial charge is 0.368 e. The third-order valence-electron chi connectivity index (χ3n) is 5.67. The summed E-state index contributed by atoms with van der Waals surface area (Å²) in [6, 6.07) is 11.8. The minimum atomic E-state index is 0.0361. The van der Waals surface area contributed by atoms with E-state index in [0.717, 1.165) is 46.5 Å². The van der Waals surface area contributed by atoms with Gasteiger partial charge < -0.3 is 14.7 Å². The number of fused-ring (bicyclic) bond motifs is 2. The number of anilines is 2. The van der Waals surface area contributed by atoms with Gasteiger partial charge in [0.2, 0.25) is 0 Å². The fraction of sp³-hybridized carbons (Fsp3) is 0.261. The van der Waals surface area contributed by atoms with E-state index in [0.29, 0.717) is 18.7 Å². The summed E-state index contributed by atoms with van der Waals surface area (Å²) >= 11 is 0. The molecule has 2 aromatic carbocycles. The highest BCUT2D eigenvalue weighted by Gasteiger charge is 2.23. The molecule has 0 N–H and O–H groups in total. The smallest absolute Gasteiger partial charge is 0.254 e.